The van der Waals surface area contributed by atoms with Gasteiger partial charge < -0.3 is 15.1 Å². The highest BCUT2D eigenvalue weighted by atomic mass is 15.1. The molecule has 1 fully saturated rings. The van der Waals surface area contributed by atoms with Crippen LogP contribution in [0.3, 0.4) is 0 Å². The van der Waals surface area contributed by atoms with Crippen LogP contribution in [-0.2, 0) is 0 Å². The van der Waals surface area contributed by atoms with E-state index in [1.165, 1.54) is 37.9 Å². The molecular formula is C17H29N3. The topological polar surface area (TPSA) is 18.5 Å². The number of likely N-dealkylation sites (N-methyl/N-ethyl adjacent to an activating group) is 1. The third-order valence-electron chi connectivity index (χ3n) is 4.36. The third-order valence-corrected chi connectivity index (χ3v) is 4.36. The summed E-state index contributed by atoms with van der Waals surface area (Å²) in [5.74, 6) is 0. The van der Waals surface area contributed by atoms with Crippen LogP contribution < -0.4 is 5.32 Å². The number of likely N-dealkylation sites (tertiary alicyclic amines) is 1. The minimum atomic E-state index is 0.456. The summed E-state index contributed by atoms with van der Waals surface area (Å²) >= 11 is 0. The van der Waals surface area contributed by atoms with Crippen LogP contribution in [0.5, 0.6) is 0 Å². The Morgan fingerprint density at radius 3 is 2.65 bits per heavy atom. The summed E-state index contributed by atoms with van der Waals surface area (Å²) in [6.07, 6.45) is 3.89. The number of rotatable bonds is 5. The van der Waals surface area contributed by atoms with E-state index in [1.54, 1.807) is 0 Å². The molecule has 0 spiro atoms. The second-order valence-electron chi connectivity index (χ2n) is 6.23. The molecule has 3 heteroatoms. The van der Waals surface area contributed by atoms with Gasteiger partial charge in [-0.1, -0.05) is 30.3 Å². The van der Waals surface area contributed by atoms with Crippen molar-refractivity contribution >= 4 is 0 Å². The van der Waals surface area contributed by atoms with Crippen molar-refractivity contribution in [2.45, 2.75) is 31.3 Å². The molecule has 1 aromatic rings. The second-order valence-corrected chi connectivity index (χ2v) is 6.23. The van der Waals surface area contributed by atoms with Gasteiger partial charge in [0, 0.05) is 18.6 Å². The van der Waals surface area contributed by atoms with E-state index >= 15 is 0 Å². The van der Waals surface area contributed by atoms with Crippen LogP contribution in [0.4, 0.5) is 0 Å². The molecule has 1 saturated heterocycles. The van der Waals surface area contributed by atoms with Crippen molar-refractivity contribution < 1.29 is 0 Å². The maximum atomic E-state index is 3.79. The van der Waals surface area contributed by atoms with E-state index in [4.69, 9.17) is 0 Å². The molecule has 0 amide bonds. The predicted molar refractivity (Wildman–Crippen MR) is 86.0 cm³/mol. The zero-order chi connectivity index (χ0) is 14.4. The van der Waals surface area contributed by atoms with Gasteiger partial charge in [-0.15, -0.1) is 0 Å². The largest absolute Gasteiger partial charge is 0.312 e. The van der Waals surface area contributed by atoms with E-state index < -0.39 is 0 Å². The summed E-state index contributed by atoms with van der Waals surface area (Å²) in [5, 5.41) is 3.79. The van der Waals surface area contributed by atoms with Gasteiger partial charge in [-0.05, 0) is 59.1 Å². The van der Waals surface area contributed by atoms with Gasteiger partial charge >= 0.3 is 0 Å². The zero-order valence-electron chi connectivity index (χ0n) is 13.2. The normalized spacial score (nSPS) is 22.7. The maximum absolute atomic E-state index is 3.79. The molecule has 2 rings (SSSR count). The molecule has 0 aliphatic carbocycles. The molecule has 0 saturated carbocycles. The summed E-state index contributed by atoms with van der Waals surface area (Å²) < 4.78 is 0. The fourth-order valence-corrected chi connectivity index (χ4v) is 3.00. The van der Waals surface area contributed by atoms with Gasteiger partial charge in [0.15, 0.2) is 0 Å². The Kier molecular flexibility index (Phi) is 6.02. The summed E-state index contributed by atoms with van der Waals surface area (Å²) in [6.45, 7) is 3.50. The van der Waals surface area contributed by atoms with Gasteiger partial charge in [0.25, 0.3) is 0 Å². The first kappa shape index (κ1) is 15.5. The Morgan fingerprint density at radius 1 is 1.20 bits per heavy atom. The van der Waals surface area contributed by atoms with Crippen molar-refractivity contribution in [2.75, 3.05) is 40.8 Å². The lowest BCUT2D eigenvalue weighted by molar-refractivity contribution is 0.273. The van der Waals surface area contributed by atoms with E-state index in [-0.39, 0.29) is 0 Å². The van der Waals surface area contributed by atoms with Crippen LogP contribution in [0.25, 0.3) is 0 Å². The number of hydrogen-bond acceptors (Lipinski definition) is 3. The highest BCUT2D eigenvalue weighted by Crippen LogP contribution is 2.18. The van der Waals surface area contributed by atoms with E-state index in [9.17, 15) is 0 Å². The predicted octanol–water partition coefficient (Wildman–Crippen LogP) is 2.36. The molecule has 0 aromatic heterocycles. The van der Waals surface area contributed by atoms with Crippen LogP contribution >= 0.6 is 0 Å². The van der Waals surface area contributed by atoms with Gasteiger partial charge in [0.1, 0.15) is 0 Å². The number of benzene rings is 1. The molecule has 0 bridgehead atoms. The molecule has 3 nitrogen and oxygen atoms in total. The Labute approximate surface area is 124 Å². The van der Waals surface area contributed by atoms with Gasteiger partial charge in [0.2, 0.25) is 0 Å². The molecule has 1 aromatic carbocycles. The molecule has 20 heavy (non-hydrogen) atoms. The lowest BCUT2D eigenvalue weighted by Gasteiger charge is -2.27. The van der Waals surface area contributed by atoms with Crippen LogP contribution in [0.15, 0.2) is 30.3 Å². The monoisotopic (exact) mass is 275 g/mol. The second kappa shape index (κ2) is 7.77. The average Bonchev–Trinajstić information content (AvgIpc) is 2.65. The molecule has 0 radical (unpaired) electrons. The SMILES string of the molecule is CN1CCCC(NCC(c2ccccc2)N(C)C)CC1. The van der Waals surface area contributed by atoms with Crippen molar-refractivity contribution in [3.05, 3.63) is 35.9 Å². The van der Waals surface area contributed by atoms with Gasteiger partial charge in [-0.3, -0.25) is 0 Å². The highest BCUT2D eigenvalue weighted by Gasteiger charge is 2.18. The smallest absolute Gasteiger partial charge is 0.0466 e. The van der Waals surface area contributed by atoms with Crippen molar-refractivity contribution in [3.8, 4) is 0 Å². The van der Waals surface area contributed by atoms with Crippen molar-refractivity contribution in [1.82, 2.24) is 15.1 Å². The van der Waals surface area contributed by atoms with Crippen LogP contribution in [0.2, 0.25) is 0 Å². The lowest BCUT2D eigenvalue weighted by atomic mass is 10.0. The van der Waals surface area contributed by atoms with E-state index in [1.807, 2.05) is 0 Å². The minimum Gasteiger partial charge on any atom is -0.312 e. The first-order valence-corrected chi connectivity index (χ1v) is 7.80. The van der Waals surface area contributed by atoms with Crippen molar-refractivity contribution in [3.63, 3.8) is 0 Å². The Bertz CT molecular complexity index is 377. The quantitative estimate of drug-likeness (QED) is 0.890. The fraction of sp³-hybridized carbons (Fsp3) is 0.647. The lowest BCUT2D eigenvalue weighted by Crippen LogP contribution is -2.37. The third kappa shape index (κ3) is 4.58. The summed E-state index contributed by atoms with van der Waals surface area (Å²) in [7, 11) is 6.56. The number of nitrogens with zero attached hydrogens (tertiary/aromatic N) is 2. The first-order valence-electron chi connectivity index (χ1n) is 7.80. The molecule has 1 N–H and O–H groups in total. The Hall–Kier alpha value is -0.900. The van der Waals surface area contributed by atoms with Gasteiger partial charge in [-0.25, -0.2) is 0 Å². The maximum Gasteiger partial charge on any atom is 0.0466 e. The molecule has 1 aliphatic heterocycles. The van der Waals surface area contributed by atoms with Crippen molar-refractivity contribution in [2.24, 2.45) is 0 Å². The highest BCUT2D eigenvalue weighted by molar-refractivity contribution is 5.19. The summed E-state index contributed by atoms with van der Waals surface area (Å²) in [5.41, 5.74) is 1.40. The van der Waals surface area contributed by atoms with Crippen LogP contribution in [-0.4, -0.2) is 56.6 Å². The van der Waals surface area contributed by atoms with Gasteiger partial charge in [-0.2, -0.15) is 0 Å². The van der Waals surface area contributed by atoms with Crippen LogP contribution in [0, 0.1) is 0 Å². The zero-order valence-corrected chi connectivity index (χ0v) is 13.2. The summed E-state index contributed by atoms with van der Waals surface area (Å²) in [4.78, 5) is 4.76. The average molecular weight is 275 g/mol. The van der Waals surface area contributed by atoms with Crippen LogP contribution in [0.1, 0.15) is 30.9 Å². The fourth-order valence-electron chi connectivity index (χ4n) is 3.00. The Balaban J connectivity index is 1.89. The number of hydrogen-bond donors (Lipinski definition) is 1. The van der Waals surface area contributed by atoms with E-state index in [0.29, 0.717) is 12.1 Å². The molecule has 1 heterocycles. The van der Waals surface area contributed by atoms with E-state index in [2.05, 4.69) is 66.6 Å². The summed E-state index contributed by atoms with van der Waals surface area (Å²) in [6, 6.07) is 11.9. The van der Waals surface area contributed by atoms with Gasteiger partial charge in [0.05, 0.1) is 0 Å². The minimum absolute atomic E-state index is 0.456. The van der Waals surface area contributed by atoms with E-state index in [0.717, 1.165) is 6.54 Å². The molecule has 1 aliphatic rings. The molecule has 112 valence electrons. The first-order chi connectivity index (χ1) is 9.66. The molecule has 2 atom stereocenters. The molecule has 2 unspecified atom stereocenters. The number of nitrogens with one attached hydrogen (secondary N) is 1. The van der Waals surface area contributed by atoms with Crippen molar-refractivity contribution in [1.29, 1.82) is 0 Å². The Morgan fingerprint density at radius 2 is 1.95 bits per heavy atom. The molecular weight excluding hydrogens is 246 g/mol. The standard InChI is InChI=1S/C17H29N3/c1-19(2)17(15-8-5-4-6-9-15)14-18-16-10-7-12-20(3)13-11-16/h4-6,8-9,16-18H,7,10-14H2,1-3H3.